The second kappa shape index (κ2) is 7.60. The second-order valence-electron chi connectivity index (χ2n) is 7.59. The van der Waals surface area contributed by atoms with Crippen LogP contribution >= 0.6 is 0 Å². The maximum Gasteiger partial charge on any atom is 0.258 e. The van der Waals surface area contributed by atoms with Gasteiger partial charge in [0.15, 0.2) is 5.65 Å². The highest BCUT2D eigenvalue weighted by Gasteiger charge is 2.25. The molecule has 0 fully saturated rings. The number of aliphatic hydroxyl groups excluding tert-OH is 1. The van der Waals surface area contributed by atoms with E-state index in [0.717, 1.165) is 36.2 Å². The van der Waals surface area contributed by atoms with Gasteiger partial charge in [-0.1, -0.05) is 24.8 Å². The predicted molar refractivity (Wildman–Crippen MR) is 116 cm³/mol. The molecule has 1 atom stereocenters. The van der Waals surface area contributed by atoms with E-state index in [4.69, 9.17) is 4.98 Å². The number of aryl methyl sites for hydroxylation is 1. The van der Waals surface area contributed by atoms with Crippen LogP contribution in [-0.2, 0) is 6.42 Å². The van der Waals surface area contributed by atoms with Gasteiger partial charge in [0.2, 0.25) is 0 Å². The zero-order valence-corrected chi connectivity index (χ0v) is 17.3. The number of fused-ring (bicyclic) bond motifs is 4. The van der Waals surface area contributed by atoms with Gasteiger partial charge in [0.05, 0.1) is 11.6 Å². The Labute approximate surface area is 178 Å². The third-order valence-electron chi connectivity index (χ3n) is 5.57. The van der Waals surface area contributed by atoms with Crippen LogP contribution in [0, 0.1) is 24.6 Å². The Morgan fingerprint density at radius 2 is 2.16 bits per heavy atom. The zero-order valence-electron chi connectivity index (χ0n) is 17.3. The third-order valence-corrected chi connectivity index (χ3v) is 5.57. The molecule has 3 aromatic heterocycles. The summed E-state index contributed by atoms with van der Waals surface area (Å²) in [6.07, 6.45) is 2.90. The summed E-state index contributed by atoms with van der Waals surface area (Å²) < 4.78 is 15.9. The van der Waals surface area contributed by atoms with Crippen molar-refractivity contribution in [1.29, 1.82) is 0 Å². The molecule has 8 heteroatoms. The molecular formula is C23H21FN6O. The number of pyridine rings is 1. The van der Waals surface area contributed by atoms with Crippen LogP contribution in [0.2, 0.25) is 0 Å². The molecule has 31 heavy (non-hydrogen) atoms. The molecule has 7 nitrogen and oxygen atoms in total. The molecule has 1 N–H and O–H groups in total. The smallest absolute Gasteiger partial charge is 0.258 e. The quantitative estimate of drug-likeness (QED) is 0.505. The van der Waals surface area contributed by atoms with E-state index in [0.29, 0.717) is 34.9 Å². The maximum absolute atomic E-state index is 14.2. The zero-order chi connectivity index (χ0) is 21.5. The van der Waals surface area contributed by atoms with Crippen molar-refractivity contribution in [1.82, 2.24) is 24.6 Å². The topological polar surface area (TPSA) is 79.4 Å². The number of nitrogens with zero attached hydrogens (tertiary/aromatic N) is 6. The van der Waals surface area contributed by atoms with Crippen LogP contribution in [0.25, 0.3) is 16.8 Å². The Morgan fingerprint density at radius 3 is 3.00 bits per heavy atom. The van der Waals surface area contributed by atoms with E-state index >= 15 is 0 Å². The van der Waals surface area contributed by atoms with Gasteiger partial charge in [-0.2, -0.15) is 4.98 Å². The van der Waals surface area contributed by atoms with Crippen molar-refractivity contribution >= 4 is 28.3 Å². The lowest BCUT2D eigenvalue weighted by atomic mass is 9.96. The Morgan fingerprint density at radius 1 is 1.29 bits per heavy atom. The van der Waals surface area contributed by atoms with Crippen LogP contribution in [0.4, 0.5) is 15.9 Å². The number of benzene rings is 1. The van der Waals surface area contributed by atoms with E-state index in [1.54, 1.807) is 4.40 Å². The molecule has 1 aromatic carbocycles. The lowest BCUT2D eigenvalue weighted by Crippen LogP contribution is -2.26. The molecule has 0 aliphatic carbocycles. The summed E-state index contributed by atoms with van der Waals surface area (Å²) in [7, 11) is 0. The summed E-state index contributed by atoms with van der Waals surface area (Å²) in [5.41, 5.74) is 3.53. The van der Waals surface area contributed by atoms with E-state index in [1.165, 1.54) is 12.3 Å². The van der Waals surface area contributed by atoms with Crippen molar-refractivity contribution in [2.24, 2.45) is 0 Å². The van der Waals surface area contributed by atoms with Crippen LogP contribution in [0.15, 0.2) is 30.5 Å². The van der Waals surface area contributed by atoms with Crippen molar-refractivity contribution in [2.45, 2.75) is 39.2 Å². The molecule has 1 aliphatic rings. The lowest BCUT2D eigenvalue weighted by Gasteiger charge is -2.31. The first-order valence-corrected chi connectivity index (χ1v) is 10.3. The number of anilines is 2. The molecule has 0 spiro atoms. The number of hydrogen-bond acceptors (Lipinski definition) is 6. The summed E-state index contributed by atoms with van der Waals surface area (Å²) in [5, 5.41) is 18.7. The number of aromatic nitrogens is 5. The van der Waals surface area contributed by atoms with Gasteiger partial charge in [0.25, 0.3) is 5.78 Å². The highest BCUT2D eigenvalue weighted by atomic mass is 19.1. The summed E-state index contributed by atoms with van der Waals surface area (Å²) in [5.74, 6) is 7.28. The van der Waals surface area contributed by atoms with E-state index in [2.05, 4.69) is 31.9 Å². The first kappa shape index (κ1) is 19.4. The van der Waals surface area contributed by atoms with Crippen LogP contribution < -0.4 is 4.90 Å². The molecule has 1 aliphatic heterocycles. The number of halogens is 1. The summed E-state index contributed by atoms with van der Waals surface area (Å²) in [6.45, 7) is 4.44. The van der Waals surface area contributed by atoms with Gasteiger partial charge >= 0.3 is 0 Å². The molecule has 0 saturated heterocycles. The largest absolute Gasteiger partial charge is 0.380 e. The molecule has 0 bridgehead atoms. The van der Waals surface area contributed by atoms with Crippen LogP contribution in [0.3, 0.4) is 0 Å². The SMILES string of the molecule is CCC(O)C#Cc1cccc2c1CCCN2c1nc2nnc(C)n2c2ncc(F)cc12. The molecule has 4 aromatic rings. The molecule has 0 amide bonds. The molecule has 5 rings (SSSR count). The van der Waals surface area contributed by atoms with Crippen molar-refractivity contribution in [3.05, 3.63) is 53.2 Å². The monoisotopic (exact) mass is 416 g/mol. The molecular weight excluding hydrogens is 395 g/mol. The minimum atomic E-state index is -0.645. The van der Waals surface area contributed by atoms with Gasteiger partial charge in [0, 0.05) is 17.8 Å². The molecule has 0 saturated carbocycles. The Hall–Kier alpha value is -3.57. The average Bonchev–Trinajstić information content (AvgIpc) is 3.17. The standard InChI is InChI=1S/C23H21FN6O/c1-3-17(31)10-9-15-6-4-8-20-18(15)7-5-11-29(20)22-19-12-16(24)13-25-21(19)30-14(2)27-28-23(30)26-22/h4,6,8,12-13,17,31H,3,5,7,11H2,1-2H3. The van der Waals surface area contributed by atoms with Gasteiger partial charge in [0.1, 0.15) is 23.6 Å². The van der Waals surface area contributed by atoms with Crippen molar-refractivity contribution < 1.29 is 9.50 Å². The third kappa shape index (κ3) is 3.27. The molecule has 1 unspecified atom stereocenters. The van der Waals surface area contributed by atoms with Gasteiger partial charge < -0.3 is 10.0 Å². The van der Waals surface area contributed by atoms with E-state index < -0.39 is 11.9 Å². The Kier molecular flexibility index (Phi) is 4.75. The Bertz CT molecular complexity index is 1370. The second-order valence-corrected chi connectivity index (χ2v) is 7.59. The minimum Gasteiger partial charge on any atom is -0.380 e. The van der Waals surface area contributed by atoms with Gasteiger partial charge in [-0.3, -0.25) is 0 Å². The van der Waals surface area contributed by atoms with Crippen LogP contribution in [-0.4, -0.2) is 42.3 Å². The normalized spacial score (nSPS) is 14.4. The Balaban J connectivity index is 1.72. The summed E-state index contributed by atoms with van der Waals surface area (Å²) in [6, 6.07) is 7.39. The highest BCUT2D eigenvalue weighted by Crippen LogP contribution is 2.37. The fraction of sp³-hybridized carbons (Fsp3) is 0.304. The fourth-order valence-corrected chi connectivity index (χ4v) is 4.03. The molecule has 156 valence electrons. The maximum atomic E-state index is 14.2. The van der Waals surface area contributed by atoms with Crippen molar-refractivity contribution in [2.75, 3.05) is 11.4 Å². The summed E-state index contributed by atoms with van der Waals surface area (Å²) >= 11 is 0. The van der Waals surface area contributed by atoms with Gasteiger partial charge in [-0.15, -0.1) is 10.2 Å². The fourth-order valence-electron chi connectivity index (χ4n) is 4.03. The number of hydrogen-bond donors (Lipinski definition) is 1. The first-order chi connectivity index (χ1) is 15.1. The summed E-state index contributed by atoms with van der Waals surface area (Å²) in [4.78, 5) is 11.1. The number of rotatable bonds is 2. The van der Waals surface area contributed by atoms with E-state index in [1.807, 2.05) is 32.0 Å². The highest BCUT2D eigenvalue weighted by molar-refractivity contribution is 5.92. The van der Waals surface area contributed by atoms with Gasteiger partial charge in [-0.05, 0) is 49.9 Å². The first-order valence-electron chi connectivity index (χ1n) is 10.3. The minimum absolute atomic E-state index is 0.424. The van der Waals surface area contributed by atoms with Crippen molar-refractivity contribution in [3.8, 4) is 11.8 Å². The van der Waals surface area contributed by atoms with E-state index in [-0.39, 0.29) is 0 Å². The predicted octanol–water partition coefficient (Wildman–Crippen LogP) is 3.33. The molecule has 4 heterocycles. The van der Waals surface area contributed by atoms with Gasteiger partial charge in [-0.25, -0.2) is 13.8 Å². The molecule has 0 radical (unpaired) electrons. The number of aliphatic hydroxyl groups is 1. The van der Waals surface area contributed by atoms with Crippen LogP contribution in [0.5, 0.6) is 0 Å². The van der Waals surface area contributed by atoms with E-state index in [9.17, 15) is 9.50 Å². The lowest BCUT2D eigenvalue weighted by molar-refractivity contribution is 0.228. The van der Waals surface area contributed by atoms with Crippen molar-refractivity contribution in [3.63, 3.8) is 0 Å². The van der Waals surface area contributed by atoms with Crippen LogP contribution in [0.1, 0.15) is 36.7 Å². The average molecular weight is 416 g/mol.